The van der Waals surface area contributed by atoms with Crippen molar-refractivity contribution in [3.05, 3.63) is 30.5 Å². The number of rotatable bonds is 9. The van der Waals surface area contributed by atoms with Crippen LogP contribution in [0.3, 0.4) is 0 Å². The molecule has 0 bridgehead atoms. The minimum Gasteiger partial charge on any atom is -0.493 e. The Kier molecular flexibility index (Phi) is 7.83. The predicted molar refractivity (Wildman–Crippen MR) is 129 cm³/mol. The Morgan fingerprint density at radius 1 is 1.06 bits per heavy atom. The molecule has 0 spiro atoms. The van der Waals surface area contributed by atoms with E-state index in [1.165, 1.54) is 25.9 Å². The largest absolute Gasteiger partial charge is 0.493 e. The predicted octanol–water partition coefficient (Wildman–Crippen LogP) is 2.76. The first kappa shape index (κ1) is 23.1. The van der Waals surface area contributed by atoms with Gasteiger partial charge >= 0.3 is 0 Å². The minimum absolute atomic E-state index is 0.119. The van der Waals surface area contributed by atoms with Gasteiger partial charge in [0.2, 0.25) is 11.9 Å². The summed E-state index contributed by atoms with van der Waals surface area (Å²) in [4.78, 5) is 27.1. The van der Waals surface area contributed by atoms with Crippen LogP contribution in [0.25, 0.3) is 0 Å². The Labute approximate surface area is 195 Å². The number of amides is 1. The molecular weight excluding hydrogens is 420 g/mol. The van der Waals surface area contributed by atoms with Gasteiger partial charge in [0.15, 0.2) is 11.5 Å². The summed E-state index contributed by atoms with van der Waals surface area (Å²) in [6, 6.07) is 7.65. The van der Waals surface area contributed by atoms with Gasteiger partial charge in [-0.3, -0.25) is 4.79 Å². The van der Waals surface area contributed by atoms with Gasteiger partial charge in [-0.25, -0.2) is 4.98 Å². The van der Waals surface area contributed by atoms with Gasteiger partial charge in [0.1, 0.15) is 5.82 Å². The third-order valence-electron chi connectivity index (χ3n) is 6.18. The van der Waals surface area contributed by atoms with Gasteiger partial charge in [-0.2, -0.15) is 4.98 Å². The van der Waals surface area contributed by atoms with Crippen LogP contribution in [0.2, 0.25) is 0 Å². The van der Waals surface area contributed by atoms with Crippen LogP contribution in [-0.2, 0) is 4.79 Å². The van der Waals surface area contributed by atoms with E-state index in [2.05, 4.69) is 25.1 Å². The first-order valence-electron chi connectivity index (χ1n) is 11.8. The highest BCUT2D eigenvalue weighted by atomic mass is 16.5. The average Bonchev–Trinajstić information content (AvgIpc) is 3.36. The molecule has 3 heterocycles. The van der Waals surface area contributed by atoms with E-state index in [0.29, 0.717) is 37.1 Å². The second-order valence-corrected chi connectivity index (χ2v) is 8.47. The van der Waals surface area contributed by atoms with Gasteiger partial charge in [-0.15, -0.1) is 0 Å². The summed E-state index contributed by atoms with van der Waals surface area (Å²) in [5.74, 6) is 2.91. The Morgan fingerprint density at radius 2 is 1.85 bits per heavy atom. The Balaban J connectivity index is 1.35. The molecule has 2 aliphatic rings. The number of hydrogen-bond acceptors (Lipinski definition) is 8. The van der Waals surface area contributed by atoms with Gasteiger partial charge in [0.05, 0.1) is 13.7 Å². The molecule has 1 amide bonds. The van der Waals surface area contributed by atoms with Crippen LogP contribution in [0.5, 0.6) is 11.5 Å². The van der Waals surface area contributed by atoms with Crippen molar-refractivity contribution in [3.63, 3.8) is 0 Å². The SMILES string of the molecule is COc1ccc(Nc2nccc(N3CCN(C(C)=O)CC3)n2)cc1OCCCN1CCCC1. The number of ether oxygens (including phenoxy) is 2. The normalized spacial score (nSPS) is 16.7. The molecule has 1 aromatic carbocycles. The lowest BCUT2D eigenvalue weighted by Crippen LogP contribution is -2.48. The zero-order chi connectivity index (χ0) is 23.0. The van der Waals surface area contributed by atoms with E-state index in [0.717, 1.165) is 37.6 Å². The number of aromatic nitrogens is 2. The lowest BCUT2D eigenvalue weighted by Gasteiger charge is -2.34. The number of methoxy groups -OCH3 is 1. The number of benzene rings is 1. The Morgan fingerprint density at radius 3 is 2.58 bits per heavy atom. The van der Waals surface area contributed by atoms with Crippen LogP contribution in [0, 0.1) is 0 Å². The number of piperazine rings is 1. The topological polar surface area (TPSA) is 83.1 Å². The summed E-state index contributed by atoms with van der Waals surface area (Å²) in [5.41, 5.74) is 0.837. The highest BCUT2D eigenvalue weighted by Crippen LogP contribution is 2.31. The zero-order valence-corrected chi connectivity index (χ0v) is 19.6. The fraction of sp³-hybridized carbons (Fsp3) is 0.542. The van der Waals surface area contributed by atoms with Crippen molar-refractivity contribution in [2.75, 3.05) is 69.7 Å². The summed E-state index contributed by atoms with van der Waals surface area (Å²) in [7, 11) is 1.65. The fourth-order valence-corrected chi connectivity index (χ4v) is 4.31. The number of carbonyl (C=O) groups is 1. The molecule has 2 saturated heterocycles. The van der Waals surface area contributed by atoms with Gasteiger partial charge in [-0.05, 0) is 50.6 Å². The standard InChI is InChI=1S/C24H34N6O3/c1-19(31)29-13-15-30(16-14-29)23-8-9-25-24(27-23)26-20-6-7-21(32-2)22(18-20)33-17-5-12-28-10-3-4-11-28/h6-9,18H,3-5,10-17H2,1-2H3,(H,25,26,27). The van der Waals surface area contributed by atoms with Crippen molar-refractivity contribution >= 4 is 23.4 Å². The fourth-order valence-electron chi connectivity index (χ4n) is 4.31. The van der Waals surface area contributed by atoms with Crippen molar-refractivity contribution in [1.82, 2.24) is 19.8 Å². The molecule has 178 valence electrons. The highest BCUT2D eigenvalue weighted by molar-refractivity contribution is 5.73. The molecular formula is C24H34N6O3. The molecule has 9 nitrogen and oxygen atoms in total. The van der Waals surface area contributed by atoms with Crippen LogP contribution in [0.15, 0.2) is 30.5 Å². The smallest absolute Gasteiger partial charge is 0.229 e. The van der Waals surface area contributed by atoms with E-state index >= 15 is 0 Å². The lowest BCUT2D eigenvalue weighted by molar-refractivity contribution is -0.129. The molecule has 0 aliphatic carbocycles. The van der Waals surface area contributed by atoms with E-state index in [9.17, 15) is 4.79 Å². The molecule has 0 unspecified atom stereocenters. The third kappa shape index (κ3) is 6.25. The number of carbonyl (C=O) groups excluding carboxylic acids is 1. The maximum Gasteiger partial charge on any atom is 0.229 e. The molecule has 0 saturated carbocycles. The van der Waals surface area contributed by atoms with Crippen LogP contribution in [0.4, 0.5) is 17.5 Å². The van der Waals surface area contributed by atoms with E-state index in [4.69, 9.17) is 9.47 Å². The molecule has 9 heteroatoms. The molecule has 0 atom stereocenters. The number of nitrogens with zero attached hydrogens (tertiary/aromatic N) is 5. The maximum absolute atomic E-state index is 11.6. The molecule has 4 rings (SSSR count). The summed E-state index contributed by atoms with van der Waals surface area (Å²) in [6.45, 7) is 8.67. The zero-order valence-electron chi connectivity index (χ0n) is 19.6. The second-order valence-electron chi connectivity index (χ2n) is 8.47. The molecule has 0 radical (unpaired) electrons. The van der Waals surface area contributed by atoms with Crippen molar-refractivity contribution < 1.29 is 14.3 Å². The van der Waals surface area contributed by atoms with Gasteiger partial charge in [0.25, 0.3) is 0 Å². The van der Waals surface area contributed by atoms with E-state index in [-0.39, 0.29) is 5.91 Å². The average molecular weight is 455 g/mol. The van der Waals surface area contributed by atoms with E-state index in [1.54, 1.807) is 20.2 Å². The Bertz CT molecular complexity index is 926. The van der Waals surface area contributed by atoms with Crippen LogP contribution < -0.4 is 19.7 Å². The molecule has 2 aromatic rings. The number of likely N-dealkylation sites (tertiary alicyclic amines) is 1. The van der Waals surface area contributed by atoms with E-state index < -0.39 is 0 Å². The second kappa shape index (κ2) is 11.2. The van der Waals surface area contributed by atoms with Crippen molar-refractivity contribution in [3.8, 4) is 11.5 Å². The first-order chi connectivity index (χ1) is 16.1. The highest BCUT2D eigenvalue weighted by Gasteiger charge is 2.20. The van der Waals surface area contributed by atoms with Gasteiger partial charge in [-0.1, -0.05) is 0 Å². The lowest BCUT2D eigenvalue weighted by atomic mass is 10.2. The minimum atomic E-state index is 0.119. The van der Waals surface area contributed by atoms with Crippen LogP contribution in [0.1, 0.15) is 26.2 Å². The number of anilines is 3. The Hall–Kier alpha value is -3.07. The molecule has 1 aromatic heterocycles. The van der Waals surface area contributed by atoms with Crippen LogP contribution in [-0.4, -0.2) is 85.2 Å². The van der Waals surface area contributed by atoms with Crippen LogP contribution >= 0.6 is 0 Å². The monoisotopic (exact) mass is 454 g/mol. The summed E-state index contributed by atoms with van der Waals surface area (Å²) >= 11 is 0. The number of nitrogens with one attached hydrogen (secondary N) is 1. The number of hydrogen-bond donors (Lipinski definition) is 1. The first-order valence-corrected chi connectivity index (χ1v) is 11.8. The molecule has 33 heavy (non-hydrogen) atoms. The van der Waals surface area contributed by atoms with Crippen molar-refractivity contribution in [2.45, 2.75) is 26.2 Å². The summed E-state index contributed by atoms with van der Waals surface area (Å²) < 4.78 is 11.5. The quantitative estimate of drug-likeness (QED) is 0.579. The molecule has 2 fully saturated rings. The van der Waals surface area contributed by atoms with Gasteiger partial charge < -0.3 is 29.5 Å². The summed E-state index contributed by atoms with van der Waals surface area (Å²) in [5, 5.41) is 3.28. The van der Waals surface area contributed by atoms with E-state index in [1.807, 2.05) is 29.2 Å². The van der Waals surface area contributed by atoms with Crippen molar-refractivity contribution in [2.24, 2.45) is 0 Å². The maximum atomic E-state index is 11.6. The van der Waals surface area contributed by atoms with Gasteiger partial charge in [0, 0.05) is 57.6 Å². The molecule has 1 N–H and O–H groups in total. The summed E-state index contributed by atoms with van der Waals surface area (Å²) in [6.07, 6.45) is 5.35. The van der Waals surface area contributed by atoms with Crippen molar-refractivity contribution in [1.29, 1.82) is 0 Å². The third-order valence-corrected chi connectivity index (χ3v) is 6.18. The molecule has 2 aliphatic heterocycles.